The lowest BCUT2D eigenvalue weighted by molar-refractivity contribution is -0.125. The maximum Gasteiger partial charge on any atom is 0.254 e. The number of carbonyl (C=O) groups excluding carboxylic acids is 5. The van der Waals surface area contributed by atoms with E-state index in [0.717, 1.165) is 41.8 Å². The summed E-state index contributed by atoms with van der Waals surface area (Å²) in [5.74, 6) is -1.07. The zero-order chi connectivity index (χ0) is 34.9. The molecule has 0 radical (unpaired) electrons. The number of para-hydroxylation sites is 1. The molecule has 49 heavy (non-hydrogen) atoms. The van der Waals surface area contributed by atoms with Crippen LogP contribution < -0.4 is 10.6 Å². The first-order chi connectivity index (χ1) is 23.7. The van der Waals surface area contributed by atoms with E-state index in [2.05, 4.69) is 62.5 Å². The fourth-order valence-electron chi connectivity index (χ4n) is 5.91. The standard InChI is InChI=1S/C38H40N6O5/c1-26(10-17-35(47)40-25-46)43(3)38(49)31-16-15-30(22-29(31)24-45)41-36(48)21-27-11-13-28(14-12-27)23-42(2)19-20-44-34-9-5-4-7-32(34)33-8-6-18-39-37(33)44/h4-9,11-16,18,22,24-26H,10,17,19-21,23H2,1-3H3,(H,41,48)(H,40,46,47). The van der Waals surface area contributed by atoms with Crippen molar-refractivity contribution in [1.29, 1.82) is 0 Å². The topological polar surface area (TPSA) is 134 Å². The van der Waals surface area contributed by atoms with Crippen LogP contribution in [0.2, 0.25) is 0 Å². The highest BCUT2D eigenvalue weighted by Crippen LogP contribution is 2.27. The van der Waals surface area contributed by atoms with Gasteiger partial charge in [0, 0.05) is 67.4 Å². The minimum atomic E-state index is -0.430. The number of benzene rings is 3. The number of aromatic nitrogens is 2. The number of amides is 4. The van der Waals surface area contributed by atoms with Gasteiger partial charge in [-0.25, -0.2) is 4.98 Å². The van der Waals surface area contributed by atoms with Crippen LogP contribution in [0, 0.1) is 0 Å². The molecule has 3 aromatic carbocycles. The first-order valence-electron chi connectivity index (χ1n) is 16.2. The number of likely N-dealkylation sites (N-methyl/N-ethyl adjacent to an activating group) is 1. The van der Waals surface area contributed by atoms with Crippen LogP contribution in [0.4, 0.5) is 5.69 Å². The number of fused-ring (bicyclic) bond motifs is 3. The molecule has 1 atom stereocenters. The summed E-state index contributed by atoms with van der Waals surface area (Å²) in [5, 5.41) is 7.25. The molecule has 0 aliphatic rings. The van der Waals surface area contributed by atoms with Gasteiger partial charge in [0.25, 0.3) is 5.91 Å². The molecule has 5 aromatic rings. The Hall–Kier alpha value is -5.68. The number of hydrogen-bond donors (Lipinski definition) is 2. The van der Waals surface area contributed by atoms with Crippen molar-refractivity contribution in [1.82, 2.24) is 24.7 Å². The number of aldehydes is 1. The van der Waals surface area contributed by atoms with Crippen LogP contribution in [-0.4, -0.2) is 76.5 Å². The third-order valence-corrected chi connectivity index (χ3v) is 8.76. The highest BCUT2D eigenvalue weighted by Gasteiger charge is 2.21. The van der Waals surface area contributed by atoms with Gasteiger partial charge in [0.15, 0.2) is 6.29 Å². The Bertz CT molecular complexity index is 1930. The van der Waals surface area contributed by atoms with Gasteiger partial charge in [0.05, 0.1) is 17.5 Å². The number of nitrogens with one attached hydrogen (secondary N) is 2. The van der Waals surface area contributed by atoms with Crippen LogP contribution in [-0.2, 0) is 33.9 Å². The van der Waals surface area contributed by atoms with Gasteiger partial charge in [-0.05, 0) is 67.9 Å². The number of anilines is 1. The Morgan fingerprint density at radius 2 is 1.63 bits per heavy atom. The van der Waals surface area contributed by atoms with Crippen molar-refractivity contribution in [2.45, 2.75) is 45.3 Å². The monoisotopic (exact) mass is 660 g/mol. The predicted octanol–water partition coefficient (Wildman–Crippen LogP) is 4.83. The van der Waals surface area contributed by atoms with Crippen LogP contribution >= 0.6 is 0 Å². The van der Waals surface area contributed by atoms with E-state index in [1.807, 2.05) is 36.5 Å². The maximum atomic E-state index is 13.1. The summed E-state index contributed by atoms with van der Waals surface area (Å²) in [7, 11) is 3.68. The van der Waals surface area contributed by atoms with Crippen LogP contribution in [0.1, 0.15) is 51.6 Å². The molecule has 0 aliphatic carbocycles. The second kappa shape index (κ2) is 15.9. The van der Waals surface area contributed by atoms with Gasteiger partial charge in [-0.3, -0.25) is 29.3 Å². The molecule has 5 rings (SSSR count). The molecule has 11 heteroatoms. The lowest BCUT2D eigenvalue weighted by atomic mass is 10.0. The van der Waals surface area contributed by atoms with Crippen molar-refractivity contribution in [3.8, 4) is 0 Å². The van der Waals surface area contributed by atoms with Crippen molar-refractivity contribution >= 4 is 58.0 Å². The van der Waals surface area contributed by atoms with E-state index in [4.69, 9.17) is 0 Å². The Morgan fingerprint density at radius 1 is 0.898 bits per heavy atom. The molecule has 0 fully saturated rings. The summed E-state index contributed by atoms with van der Waals surface area (Å²) in [6, 6.07) is 24.6. The number of nitrogens with zero attached hydrogens (tertiary/aromatic N) is 4. The number of carbonyl (C=O) groups is 5. The fraction of sp³-hybridized carbons (Fsp3) is 0.263. The third kappa shape index (κ3) is 8.43. The van der Waals surface area contributed by atoms with E-state index in [9.17, 15) is 24.0 Å². The Labute approximate surface area is 284 Å². The average molecular weight is 661 g/mol. The van der Waals surface area contributed by atoms with Crippen molar-refractivity contribution in [3.05, 3.63) is 107 Å². The first kappa shape index (κ1) is 34.6. The zero-order valence-corrected chi connectivity index (χ0v) is 27.9. The van der Waals surface area contributed by atoms with Gasteiger partial charge < -0.3 is 19.7 Å². The predicted molar refractivity (Wildman–Crippen MR) is 189 cm³/mol. The largest absolute Gasteiger partial charge is 0.339 e. The minimum absolute atomic E-state index is 0.0748. The number of rotatable bonds is 15. The maximum absolute atomic E-state index is 13.1. The number of pyridine rings is 1. The van der Waals surface area contributed by atoms with Crippen LogP contribution in [0.5, 0.6) is 0 Å². The van der Waals surface area contributed by atoms with Crippen LogP contribution in [0.3, 0.4) is 0 Å². The molecule has 252 valence electrons. The first-order valence-corrected chi connectivity index (χ1v) is 16.2. The second-order valence-electron chi connectivity index (χ2n) is 12.2. The molecule has 11 nitrogen and oxygen atoms in total. The average Bonchev–Trinajstić information content (AvgIpc) is 3.43. The minimum Gasteiger partial charge on any atom is -0.339 e. The van der Waals surface area contributed by atoms with Crippen LogP contribution in [0.25, 0.3) is 21.9 Å². The van der Waals surface area contributed by atoms with E-state index < -0.39 is 11.8 Å². The highest BCUT2D eigenvalue weighted by atomic mass is 16.2. The van der Waals surface area contributed by atoms with Gasteiger partial charge >= 0.3 is 0 Å². The molecule has 0 aliphatic heterocycles. The van der Waals surface area contributed by atoms with E-state index in [1.54, 1.807) is 20.0 Å². The smallest absolute Gasteiger partial charge is 0.254 e. The molecule has 1 unspecified atom stereocenters. The van der Waals surface area contributed by atoms with Crippen molar-refractivity contribution < 1.29 is 24.0 Å². The van der Waals surface area contributed by atoms with Gasteiger partial charge in [-0.1, -0.05) is 42.5 Å². The molecular formula is C38H40N6O5. The second-order valence-corrected chi connectivity index (χ2v) is 12.2. The van der Waals surface area contributed by atoms with Crippen molar-refractivity contribution in [3.63, 3.8) is 0 Å². The normalized spacial score (nSPS) is 11.8. The summed E-state index contributed by atoms with van der Waals surface area (Å²) in [4.78, 5) is 68.2. The molecule has 4 amide bonds. The fourth-order valence-corrected chi connectivity index (χ4v) is 5.91. The van der Waals surface area contributed by atoms with Gasteiger partial charge in [-0.2, -0.15) is 0 Å². The Kier molecular flexibility index (Phi) is 11.3. The van der Waals surface area contributed by atoms with Gasteiger partial charge in [-0.15, -0.1) is 0 Å². The molecular weight excluding hydrogens is 620 g/mol. The molecule has 0 bridgehead atoms. The summed E-state index contributed by atoms with van der Waals surface area (Å²) in [6.07, 6.45) is 3.29. The summed E-state index contributed by atoms with van der Waals surface area (Å²) >= 11 is 0. The molecule has 2 aromatic heterocycles. The summed E-state index contributed by atoms with van der Waals surface area (Å²) in [5.41, 5.74) is 4.87. The van der Waals surface area contributed by atoms with E-state index in [1.165, 1.54) is 27.9 Å². The number of hydrogen-bond acceptors (Lipinski definition) is 7. The zero-order valence-electron chi connectivity index (χ0n) is 27.9. The summed E-state index contributed by atoms with van der Waals surface area (Å²) in [6.45, 7) is 4.16. The Morgan fingerprint density at radius 3 is 2.39 bits per heavy atom. The summed E-state index contributed by atoms with van der Waals surface area (Å²) < 4.78 is 2.27. The van der Waals surface area contributed by atoms with Gasteiger partial charge in [0.1, 0.15) is 5.65 Å². The molecule has 2 N–H and O–H groups in total. The van der Waals surface area contributed by atoms with Crippen molar-refractivity contribution in [2.75, 3.05) is 26.0 Å². The SMILES string of the molecule is CC(CCC(=O)NC=O)N(C)C(=O)c1ccc(NC(=O)Cc2ccc(CN(C)CCn3c4ccccc4c4cccnc43)cc2)cc1C=O. The van der Waals surface area contributed by atoms with E-state index in [-0.39, 0.29) is 35.9 Å². The van der Waals surface area contributed by atoms with E-state index >= 15 is 0 Å². The Balaban J connectivity index is 1.13. The van der Waals surface area contributed by atoms with Crippen molar-refractivity contribution in [2.24, 2.45) is 0 Å². The molecule has 0 spiro atoms. The van der Waals surface area contributed by atoms with Gasteiger partial charge in [0.2, 0.25) is 18.2 Å². The quantitative estimate of drug-likeness (QED) is 0.154. The lowest BCUT2D eigenvalue weighted by Gasteiger charge is -2.25. The highest BCUT2D eigenvalue weighted by molar-refractivity contribution is 6.06. The molecule has 0 saturated carbocycles. The molecule has 0 saturated heterocycles. The lowest BCUT2D eigenvalue weighted by Crippen LogP contribution is -2.36. The van der Waals surface area contributed by atoms with E-state index in [0.29, 0.717) is 24.8 Å². The van der Waals surface area contributed by atoms with Crippen LogP contribution in [0.15, 0.2) is 85.1 Å². The third-order valence-electron chi connectivity index (χ3n) is 8.76. The number of imide groups is 1. The molecule has 2 heterocycles.